The summed E-state index contributed by atoms with van der Waals surface area (Å²) in [6.07, 6.45) is 1.43. The van der Waals surface area contributed by atoms with Crippen LogP contribution in [0.2, 0.25) is 0 Å². The molecule has 0 spiro atoms. The Hall–Kier alpha value is -4.58. The maximum absolute atomic E-state index is 13.6. The van der Waals surface area contributed by atoms with Gasteiger partial charge in [0.15, 0.2) is 23.1 Å². The van der Waals surface area contributed by atoms with Gasteiger partial charge in [0.1, 0.15) is 13.2 Å². The number of sulfonamides is 1. The molecule has 11 nitrogen and oxygen atoms in total. The van der Waals surface area contributed by atoms with Gasteiger partial charge in [-0.25, -0.2) is 13.4 Å². The number of methoxy groups -OCH3 is 1. The van der Waals surface area contributed by atoms with Gasteiger partial charge < -0.3 is 23.4 Å². The molecule has 0 saturated heterocycles. The number of benzene rings is 2. The average Bonchev–Trinajstić information content (AvgIpc) is 3.47. The first-order valence-corrected chi connectivity index (χ1v) is 14.1. The lowest BCUT2D eigenvalue weighted by Gasteiger charge is -2.20. The van der Waals surface area contributed by atoms with Crippen molar-refractivity contribution < 1.29 is 36.6 Å². The van der Waals surface area contributed by atoms with Crippen molar-refractivity contribution in [2.45, 2.75) is 38.0 Å². The molecule has 2 aromatic heterocycles. The van der Waals surface area contributed by atoms with Gasteiger partial charge >= 0.3 is 5.97 Å². The Balaban J connectivity index is 1.81. The highest BCUT2D eigenvalue weighted by molar-refractivity contribution is 7.92. The number of hydrogen-bond donors (Lipinski definition) is 1. The molecule has 1 N–H and O–H groups in total. The van der Waals surface area contributed by atoms with E-state index < -0.39 is 16.0 Å². The van der Waals surface area contributed by atoms with Crippen LogP contribution in [0.1, 0.15) is 33.3 Å². The van der Waals surface area contributed by atoms with Gasteiger partial charge in [-0.2, -0.15) is 4.98 Å². The lowest BCUT2D eigenvalue weighted by Crippen LogP contribution is -2.17. The molecule has 4 aromatic rings. The molecule has 2 heterocycles. The minimum absolute atomic E-state index is 0.0178. The maximum atomic E-state index is 13.6. The standard InChI is InChI=1S/C29H31N3O8S/c1-19(33)37-17-18-39-28-25(40-23-10-7-6-9-22(23)36-5)27(30-26(31-28)24-11-8-16-38-24)32-41(34,35)21-14-12-20(13-15-21)29(2,3)4/h6-16H,17-18H2,1-5H3,(H,30,31,32). The van der Waals surface area contributed by atoms with Gasteiger partial charge in [0.05, 0.1) is 18.3 Å². The molecule has 0 saturated carbocycles. The molecule has 0 bridgehead atoms. The van der Waals surface area contributed by atoms with Gasteiger partial charge in [0, 0.05) is 6.92 Å². The fraction of sp³-hybridized carbons (Fsp3) is 0.276. The number of nitrogens with zero attached hydrogens (tertiary/aromatic N) is 2. The van der Waals surface area contributed by atoms with E-state index in [9.17, 15) is 13.2 Å². The Morgan fingerprint density at radius 3 is 2.27 bits per heavy atom. The third-order valence-electron chi connectivity index (χ3n) is 5.75. The molecular weight excluding hydrogens is 550 g/mol. The topological polar surface area (TPSA) is 139 Å². The van der Waals surface area contributed by atoms with Crippen molar-refractivity contribution in [3.8, 4) is 34.7 Å². The largest absolute Gasteiger partial charge is 0.493 e. The van der Waals surface area contributed by atoms with Crippen molar-refractivity contribution in [3.05, 3.63) is 72.5 Å². The lowest BCUT2D eigenvalue weighted by molar-refractivity contribution is -0.141. The Morgan fingerprint density at radius 1 is 0.951 bits per heavy atom. The normalized spacial score (nSPS) is 11.5. The maximum Gasteiger partial charge on any atom is 0.302 e. The van der Waals surface area contributed by atoms with Crippen LogP contribution >= 0.6 is 0 Å². The monoisotopic (exact) mass is 581 g/mol. The highest BCUT2D eigenvalue weighted by Gasteiger charge is 2.26. The number of rotatable bonds is 11. The van der Waals surface area contributed by atoms with Crippen LogP contribution in [-0.2, 0) is 25.0 Å². The van der Waals surface area contributed by atoms with E-state index in [4.69, 9.17) is 23.4 Å². The first-order chi connectivity index (χ1) is 19.5. The number of aromatic nitrogens is 2. The molecule has 0 amide bonds. The second kappa shape index (κ2) is 12.3. The zero-order valence-corrected chi connectivity index (χ0v) is 24.2. The van der Waals surface area contributed by atoms with Crippen molar-refractivity contribution in [1.82, 2.24) is 9.97 Å². The van der Waals surface area contributed by atoms with E-state index >= 15 is 0 Å². The van der Waals surface area contributed by atoms with Gasteiger partial charge in [-0.3, -0.25) is 9.52 Å². The molecule has 0 unspecified atom stereocenters. The predicted octanol–water partition coefficient (Wildman–Crippen LogP) is 5.58. The number of hydrogen-bond acceptors (Lipinski definition) is 10. The molecule has 0 fully saturated rings. The minimum atomic E-state index is -4.15. The number of para-hydroxylation sites is 2. The summed E-state index contributed by atoms with van der Waals surface area (Å²) in [4.78, 5) is 20.1. The second-order valence-electron chi connectivity index (χ2n) is 9.83. The fourth-order valence-corrected chi connectivity index (χ4v) is 4.67. The van der Waals surface area contributed by atoms with Crippen molar-refractivity contribution in [3.63, 3.8) is 0 Å². The Bertz CT molecular complexity index is 1600. The van der Waals surface area contributed by atoms with Gasteiger partial charge in [-0.1, -0.05) is 45.0 Å². The van der Waals surface area contributed by atoms with Gasteiger partial charge in [-0.05, 0) is 47.4 Å². The number of anilines is 1. The van der Waals surface area contributed by atoms with Crippen LogP contribution < -0.4 is 18.9 Å². The zero-order valence-electron chi connectivity index (χ0n) is 23.3. The minimum Gasteiger partial charge on any atom is -0.493 e. The Kier molecular flexibility index (Phi) is 8.82. The first kappa shape index (κ1) is 29.4. The summed E-state index contributed by atoms with van der Waals surface area (Å²) in [7, 11) is -2.68. The van der Waals surface area contributed by atoms with E-state index in [1.807, 2.05) is 20.8 Å². The van der Waals surface area contributed by atoms with E-state index in [1.165, 1.54) is 32.4 Å². The van der Waals surface area contributed by atoms with Gasteiger partial charge in [-0.15, -0.1) is 0 Å². The summed E-state index contributed by atoms with van der Waals surface area (Å²) >= 11 is 0. The Morgan fingerprint density at radius 2 is 1.66 bits per heavy atom. The van der Waals surface area contributed by atoms with E-state index in [0.29, 0.717) is 5.75 Å². The zero-order chi connectivity index (χ0) is 29.6. The summed E-state index contributed by atoms with van der Waals surface area (Å²) in [5, 5.41) is 0. The third kappa shape index (κ3) is 7.34. The molecule has 4 rings (SSSR count). The number of ether oxygens (including phenoxy) is 4. The van der Waals surface area contributed by atoms with Crippen LogP contribution in [0.4, 0.5) is 5.82 Å². The molecule has 41 heavy (non-hydrogen) atoms. The summed E-state index contributed by atoms with van der Waals surface area (Å²) in [5.74, 6) is -0.0278. The fourth-order valence-electron chi connectivity index (χ4n) is 3.66. The average molecular weight is 582 g/mol. The number of carbonyl (C=O) groups excluding carboxylic acids is 1. The van der Waals surface area contributed by atoms with E-state index in [-0.39, 0.29) is 58.3 Å². The lowest BCUT2D eigenvalue weighted by atomic mass is 9.87. The molecule has 0 atom stereocenters. The summed E-state index contributed by atoms with van der Waals surface area (Å²) in [6.45, 7) is 7.21. The van der Waals surface area contributed by atoms with Crippen molar-refractivity contribution in [2.75, 3.05) is 25.0 Å². The van der Waals surface area contributed by atoms with E-state index in [0.717, 1.165) is 5.56 Å². The number of nitrogens with one attached hydrogen (secondary N) is 1. The molecule has 0 aliphatic carbocycles. The Labute approximate surface area is 238 Å². The quantitative estimate of drug-likeness (QED) is 0.176. The smallest absolute Gasteiger partial charge is 0.302 e. The van der Waals surface area contributed by atoms with E-state index in [2.05, 4.69) is 14.7 Å². The predicted molar refractivity (Wildman–Crippen MR) is 151 cm³/mol. The highest BCUT2D eigenvalue weighted by Crippen LogP contribution is 2.41. The second-order valence-corrected chi connectivity index (χ2v) is 11.5. The van der Waals surface area contributed by atoms with Gasteiger partial charge in [0.2, 0.25) is 11.6 Å². The summed E-state index contributed by atoms with van der Waals surface area (Å²) in [6, 6.07) is 16.6. The van der Waals surface area contributed by atoms with Crippen LogP contribution in [0.5, 0.6) is 23.1 Å². The van der Waals surface area contributed by atoms with Crippen molar-refractivity contribution in [2.24, 2.45) is 0 Å². The number of furan rings is 1. The van der Waals surface area contributed by atoms with Gasteiger partial charge in [0.25, 0.3) is 15.9 Å². The van der Waals surface area contributed by atoms with Crippen LogP contribution in [0.25, 0.3) is 11.6 Å². The molecule has 0 aliphatic rings. The SMILES string of the molecule is COc1ccccc1Oc1c(NS(=O)(=O)c2ccc(C(C)(C)C)cc2)nc(-c2ccco2)nc1OCCOC(C)=O. The number of carbonyl (C=O) groups is 1. The third-order valence-corrected chi connectivity index (χ3v) is 7.10. The van der Waals surface area contributed by atoms with Crippen LogP contribution in [-0.4, -0.2) is 44.7 Å². The van der Waals surface area contributed by atoms with Crippen LogP contribution in [0.3, 0.4) is 0 Å². The summed E-state index contributed by atoms with van der Waals surface area (Å²) in [5.41, 5.74) is 0.816. The van der Waals surface area contributed by atoms with Crippen molar-refractivity contribution >= 4 is 21.8 Å². The van der Waals surface area contributed by atoms with Crippen LogP contribution in [0.15, 0.2) is 76.2 Å². The first-order valence-electron chi connectivity index (χ1n) is 12.6. The van der Waals surface area contributed by atoms with E-state index in [1.54, 1.807) is 48.5 Å². The molecule has 12 heteroatoms. The number of esters is 1. The van der Waals surface area contributed by atoms with Crippen molar-refractivity contribution in [1.29, 1.82) is 0 Å². The highest BCUT2D eigenvalue weighted by atomic mass is 32.2. The molecule has 0 radical (unpaired) electrons. The summed E-state index contributed by atoms with van der Waals surface area (Å²) < 4.78 is 57.4. The molecule has 2 aromatic carbocycles. The molecule has 0 aliphatic heterocycles. The van der Waals surface area contributed by atoms with Crippen LogP contribution in [0, 0.1) is 0 Å². The molecule has 216 valence electrons. The molecular formula is C29H31N3O8S.